The van der Waals surface area contributed by atoms with Crippen molar-refractivity contribution in [2.75, 3.05) is 34.3 Å². The minimum absolute atomic E-state index is 0.0280. The van der Waals surface area contributed by atoms with E-state index in [2.05, 4.69) is 34.3 Å². The number of methoxy groups -OCH3 is 1. The van der Waals surface area contributed by atoms with E-state index < -0.39 is 0 Å². The van der Waals surface area contributed by atoms with Gasteiger partial charge in [0, 0.05) is 50.9 Å². The fourth-order valence-corrected chi connectivity index (χ4v) is 3.84. The summed E-state index contributed by atoms with van der Waals surface area (Å²) < 4.78 is 5.25. The van der Waals surface area contributed by atoms with Crippen molar-refractivity contribution in [2.24, 2.45) is 11.8 Å². The van der Waals surface area contributed by atoms with Crippen molar-refractivity contribution in [2.45, 2.75) is 26.4 Å². The molecule has 1 aliphatic rings. The number of likely N-dealkylation sites (tertiary alicyclic amines) is 1. The maximum atomic E-state index is 12.2. The number of hydrogen-bond donors (Lipinski definition) is 2. The molecule has 2 unspecified atom stereocenters. The molecule has 1 aromatic carbocycles. The second kappa shape index (κ2) is 8.65. The molecule has 28 heavy (non-hydrogen) atoms. The van der Waals surface area contributed by atoms with E-state index in [0.717, 1.165) is 42.2 Å². The molecular formula is C21H31N5O2. The average Bonchev–Trinajstić information content (AvgIpc) is 3.29. The number of hydrogen-bond acceptors (Lipinski definition) is 4. The van der Waals surface area contributed by atoms with Gasteiger partial charge in [-0.3, -0.25) is 10.00 Å². The fourth-order valence-electron chi connectivity index (χ4n) is 3.84. The lowest BCUT2D eigenvalue weighted by Gasteiger charge is -2.24. The third-order valence-electron chi connectivity index (χ3n) is 5.50. The molecule has 152 valence electrons. The molecule has 0 saturated carbocycles. The van der Waals surface area contributed by atoms with Crippen LogP contribution in [-0.4, -0.2) is 66.4 Å². The number of ether oxygens (including phenoxy) is 1. The Balaban J connectivity index is 1.72. The van der Waals surface area contributed by atoms with Gasteiger partial charge in [0.25, 0.3) is 0 Å². The molecule has 1 aromatic heterocycles. The standard InChI is InChI=1S/C21H31N5O2/c1-14(2)18-12-26(13-19(18)23-21(27)25(3)4)11-16-10-22-24-20(16)15-6-8-17(28-5)9-7-15/h6-10,14,18-19H,11-13H2,1-5H3,(H,22,24)(H,23,27). The lowest BCUT2D eigenvalue weighted by molar-refractivity contribution is 0.207. The Bertz CT molecular complexity index is 784. The number of carbonyl (C=O) groups excluding carboxylic acids is 1. The largest absolute Gasteiger partial charge is 0.497 e. The van der Waals surface area contributed by atoms with E-state index in [0.29, 0.717) is 11.8 Å². The molecule has 1 fully saturated rings. The van der Waals surface area contributed by atoms with Crippen LogP contribution in [0.2, 0.25) is 0 Å². The Labute approximate surface area is 167 Å². The molecule has 2 atom stereocenters. The first-order valence-electron chi connectivity index (χ1n) is 9.76. The number of aromatic nitrogens is 2. The van der Waals surface area contributed by atoms with Gasteiger partial charge in [0.1, 0.15) is 5.75 Å². The van der Waals surface area contributed by atoms with Crippen molar-refractivity contribution in [1.82, 2.24) is 25.3 Å². The smallest absolute Gasteiger partial charge is 0.317 e. The molecule has 2 amide bonds. The van der Waals surface area contributed by atoms with Gasteiger partial charge in [0.2, 0.25) is 0 Å². The van der Waals surface area contributed by atoms with Crippen molar-refractivity contribution in [3.8, 4) is 17.0 Å². The van der Waals surface area contributed by atoms with Gasteiger partial charge in [-0.05, 0) is 36.1 Å². The quantitative estimate of drug-likeness (QED) is 0.802. The van der Waals surface area contributed by atoms with Crippen molar-refractivity contribution in [3.63, 3.8) is 0 Å². The molecule has 7 heteroatoms. The number of nitrogens with zero attached hydrogens (tertiary/aromatic N) is 3. The second-order valence-corrected chi connectivity index (χ2v) is 8.05. The third-order valence-corrected chi connectivity index (χ3v) is 5.50. The maximum Gasteiger partial charge on any atom is 0.317 e. The molecule has 0 radical (unpaired) electrons. The lowest BCUT2D eigenvalue weighted by atomic mass is 9.91. The van der Waals surface area contributed by atoms with Gasteiger partial charge in [-0.25, -0.2) is 4.79 Å². The summed E-state index contributed by atoms with van der Waals surface area (Å²) in [5.41, 5.74) is 3.28. The molecule has 2 aromatic rings. The van der Waals surface area contributed by atoms with E-state index in [1.807, 2.05) is 30.5 Å². The van der Waals surface area contributed by atoms with Crippen molar-refractivity contribution >= 4 is 6.03 Å². The fraction of sp³-hybridized carbons (Fsp3) is 0.524. The SMILES string of the molecule is COc1ccc(-c2[nH]ncc2CN2CC(NC(=O)N(C)C)C(C(C)C)C2)cc1. The van der Waals surface area contributed by atoms with Crippen molar-refractivity contribution in [3.05, 3.63) is 36.0 Å². The number of benzene rings is 1. The first kappa shape index (κ1) is 20.2. The predicted molar refractivity (Wildman–Crippen MR) is 110 cm³/mol. The van der Waals surface area contributed by atoms with Crippen LogP contribution in [0.15, 0.2) is 30.5 Å². The normalized spacial score (nSPS) is 19.8. The van der Waals surface area contributed by atoms with Crippen LogP contribution in [-0.2, 0) is 6.54 Å². The van der Waals surface area contributed by atoms with Crippen LogP contribution in [0.25, 0.3) is 11.3 Å². The van der Waals surface area contributed by atoms with E-state index in [4.69, 9.17) is 4.74 Å². The van der Waals surface area contributed by atoms with Gasteiger partial charge in [-0.2, -0.15) is 5.10 Å². The van der Waals surface area contributed by atoms with Crippen LogP contribution >= 0.6 is 0 Å². The maximum absolute atomic E-state index is 12.2. The topological polar surface area (TPSA) is 73.5 Å². The summed E-state index contributed by atoms with van der Waals surface area (Å²) in [7, 11) is 5.22. The first-order chi connectivity index (χ1) is 13.4. The highest BCUT2D eigenvalue weighted by Gasteiger charge is 2.36. The zero-order valence-corrected chi connectivity index (χ0v) is 17.4. The van der Waals surface area contributed by atoms with Gasteiger partial charge < -0.3 is 15.0 Å². The minimum Gasteiger partial charge on any atom is -0.497 e. The van der Waals surface area contributed by atoms with Crippen LogP contribution in [0, 0.1) is 11.8 Å². The number of rotatable bonds is 6. The number of nitrogens with one attached hydrogen (secondary N) is 2. The number of urea groups is 1. The zero-order chi connectivity index (χ0) is 20.3. The average molecular weight is 386 g/mol. The van der Waals surface area contributed by atoms with E-state index in [-0.39, 0.29) is 12.1 Å². The highest BCUT2D eigenvalue weighted by Crippen LogP contribution is 2.29. The molecule has 0 aliphatic carbocycles. The summed E-state index contributed by atoms with van der Waals surface area (Å²) in [6.45, 7) is 7.06. The third kappa shape index (κ3) is 4.47. The van der Waals surface area contributed by atoms with Gasteiger partial charge in [0.15, 0.2) is 0 Å². The van der Waals surface area contributed by atoms with E-state index in [9.17, 15) is 4.79 Å². The van der Waals surface area contributed by atoms with Crippen LogP contribution in [0.3, 0.4) is 0 Å². The summed E-state index contributed by atoms with van der Waals surface area (Å²) in [5, 5.41) is 10.6. The van der Waals surface area contributed by atoms with E-state index in [1.54, 1.807) is 26.1 Å². The Morgan fingerprint density at radius 1 is 1.32 bits per heavy atom. The van der Waals surface area contributed by atoms with E-state index in [1.165, 1.54) is 0 Å². The van der Waals surface area contributed by atoms with Gasteiger partial charge in [-0.1, -0.05) is 13.8 Å². The molecule has 2 N–H and O–H groups in total. The summed E-state index contributed by atoms with van der Waals surface area (Å²) in [6, 6.07) is 8.12. The molecule has 2 heterocycles. The Kier molecular flexibility index (Phi) is 6.24. The molecule has 7 nitrogen and oxygen atoms in total. The summed E-state index contributed by atoms with van der Waals surface area (Å²) in [6.07, 6.45) is 1.90. The number of carbonyl (C=O) groups is 1. The van der Waals surface area contributed by atoms with E-state index >= 15 is 0 Å². The summed E-state index contributed by atoms with van der Waals surface area (Å²) >= 11 is 0. The van der Waals surface area contributed by atoms with Crippen LogP contribution in [0.5, 0.6) is 5.75 Å². The lowest BCUT2D eigenvalue weighted by Crippen LogP contribution is -2.46. The first-order valence-corrected chi connectivity index (χ1v) is 9.76. The van der Waals surface area contributed by atoms with Crippen molar-refractivity contribution in [1.29, 1.82) is 0 Å². The Morgan fingerprint density at radius 2 is 2.04 bits per heavy atom. The number of amides is 2. The second-order valence-electron chi connectivity index (χ2n) is 8.05. The molecular weight excluding hydrogens is 354 g/mol. The highest BCUT2D eigenvalue weighted by atomic mass is 16.5. The summed E-state index contributed by atoms with van der Waals surface area (Å²) in [5.74, 6) is 1.77. The highest BCUT2D eigenvalue weighted by molar-refractivity contribution is 5.74. The van der Waals surface area contributed by atoms with Crippen molar-refractivity contribution < 1.29 is 9.53 Å². The van der Waals surface area contributed by atoms with Gasteiger partial charge in [0.05, 0.1) is 19.0 Å². The van der Waals surface area contributed by atoms with Gasteiger partial charge in [-0.15, -0.1) is 0 Å². The monoisotopic (exact) mass is 385 g/mol. The van der Waals surface area contributed by atoms with Gasteiger partial charge >= 0.3 is 6.03 Å². The molecule has 3 rings (SSSR count). The van der Waals surface area contributed by atoms with Crippen LogP contribution in [0.4, 0.5) is 4.79 Å². The molecule has 0 spiro atoms. The molecule has 1 aliphatic heterocycles. The predicted octanol–water partition coefficient (Wildman–Crippen LogP) is 2.81. The Hall–Kier alpha value is -2.54. The minimum atomic E-state index is -0.0280. The van der Waals surface area contributed by atoms with Crippen LogP contribution in [0.1, 0.15) is 19.4 Å². The zero-order valence-electron chi connectivity index (χ0n) is 17.4. The molecule has 1 saturated heterocycles. The van der Waals surface area contributed by atoms with Crippen LogP contribution < -0.4 is 10.1 Å². The number of aromatic amines is 1. The Morgan fingerprint density at radius 3 is 2.64 bits per heavy atom. The number of H-pyrrole nitrogens is 1. The molecule has 0 bridgehead atoms. The summed E-state index contributed by atoms with van der Waals surface area (Å²) in [4.78, 5) is 16.2.